The third-order valence-electron chi connectivity index (χ3n) is 3.55. The van der Waals surface area contributed by atoms with Crippen LogP contribution >= 0.6 is 0 Å². The molecule has 128 valence electrons. The Morgan fingerprint density at radius 1 is 1.22 bits per heavy atom. The van der Waals surface area contributed by atoms with E-state index in [0.717, 1.165) is 18.5 Å². The van der Waals surface area contributed by atoms with Crippen molar-refractivity contribution >= 4 is 17.7 Å². The molecule has 5 nitrogen and oxygen atoms in total. The Bertz CT molecular complexity index is 575. The van der Waals surface area contributed by atoms with Crippen LogP contribution < -0.4 is 16.0 Å². The van der Waals surface area contributed by atoms with E-state index in [0.29, 0.717) is 0 Å². The van der Waals surface area contributed by atoms with Crippen LogP contribution in [0.2, 0.25) is 0 Å². The van der Waals surface area contributed by atoms with Crippen LogP contribution in [0.5, 0.6) is 0 Å². The van der Waals surface area contributed by atoms with Crippen molar-refractivity contribution in [1.82, 2.24) is 5.32 Å². The van der Waals surface area contributed by atoms with E-state index in [9.17, 15) is 4.79 Å². The van der Waals surface area contributed by atoms with Gasteiger partial charge in [0.05, 0.1) is 0 Å². The average Bonchev–Trinajstić information content (AvgIpc) is 2.43. The molecule has 0 saturated heterocycles. The molecule has 0 aliphatic carbocycles. The van der Waals surface area contributed by atoms with Gasteiger partial charge in [0.1, 0.15) is 0 Å². The number of nitrogens with one attached hydrogen (secondary N) is 1. The standard InChI is InChI=1S/C18H30N4O/c1-8-13-10-12(3)11-14(9-2)15(13)22(7)16(19)20-17(23)21-18(4,5)6/h10-11H,8-9H2,1-7H3,(H3,19,20,21,23). The minimum absolute atomic E-state index is 0.194. The molecule has 0 bridgehead atoms. The zero-order valence-electron chi connectivity index (χ0n) is 15.4. The molecule has 0 atom stereocenters. The van der Waals surface area contributed by atoms with E-state index in [1.54, 1.807) is 4.90 Å². The highest BCUT2D eigenvalue weighted by molar-refractivity contribution is 6.02. The van der Waals surface area contributed by atoms with Crippen molar-refractivity contribution in [2.24, 2.45) is 10.7 Å². The molecule has 23 heavy (non-hydrogen) atoms. The number of nitrogens with zero attached hydrogens (tertiary/aromatic N) is 2. The molecular formula is C18H30N4O. The molecule has 0 fully saturated rings. The second-order valence-corrected chi connectivity index (χ2v) is 6.85. The number of anilines is 1. The Hall–Kier alpha value is -2.04. The van der Waals surface area contributed by atoms with Gasteiger partial charge in [-0.1, -0.05) is 31.5 Å². The van der Waals surface area contributed by atoms with Gasteiger partial charge in [-0.05, 0) is 51.7 Å². The zero-order valence-corrected chi connectivity index (χ0v) is 15.4. The molecule has 0 heterocycles. The molecule has 1 rings (SSSR count). The van der Waals surface area contributed by atoms with E-state index in [1.807, 2.05) is 27.8 Å². The lowest BCUT2D eigenvalue weighted by atomic mass is 9.99. The van der Waals surface area contributed by atoms with Crippen molar-refractivity contribution in [3.05, 3.63) is 28.8 Å². The van der Waals surface area contributed by atoms with Crippen molar-refractivity contribution < 1.29 is 4.79 Å². The summed E-state index contributed by atoms with van der Waals surface area (Å²) in [6.07, 6.45) is 1.80. The van der Waals surface area contributed by atoms with Crippen molar-refractivity contribution in [2.75, 3.05) is 11.9 Å². The summed E-state index contributed by atoms with van der Waals surface area (Å²) in [4.78, 5) is 17.7. The van der Waals surface area contributed by atoms with Crippen LogP contribution in [0, 0.1) is 6.92 Å². The number of urea groups is 1. The number of aryl methyl sites for hydroxylation is 3. The van der Waals surface area contributed by atoms with Gasteiger partial charge in [0.2, 0.25) is 5.96 Å². The summed E-state index contributed by atoms with van der Waals surface area (Å²) in [6.45, 7) is 12.0. The fourth-order valence-corrected chi connectivity index (χ4v) is 2.55. The van der Waals surface area contributed by atoms with Gasteiger partial charge in [-0.3, -0.25) is 0 Å². The number of guanidine groups is 1. The quantitative estimate of drug-likeness (QED) is 0.663. The first-order chi connectivity index (χ1) is 10.6. The third-order valence-corrected chi connectivity index (χ3v) is 3.55. The Balaban J connectivity index is 3.18. The van der Waals surface area contributed by atoms with E-state index in [4.69, 9.17) is 5.73 Å². The topological polar surface area (TPSA) is 70.7 Å². The molecular weight excluding hydrogens is 288 g/mol. The molecule has 5 heteroatoms. The Morgan fingerprint density at radius 3 is 2.09 bits per heavy atom. The van der Waals surface area contributed by atoms with Crippen LogP contribution in [-0.4, -0.2) is 24.6 Å². The normalized spacial score (nSPS) is 12.2. The lowest BCUT2D eigenvalue weighted by Crippen LogP contribution is -2.42. The Labute approximate surface area is 140 Å². The second-order valence-electron chi connectivity index (χ2n) is 6.85. The van der Waals surface area contributed by atoms with Crippen LogP contribution in [-0.2, 0) is 12.8 Å². The number of nitrogens with two attached hydrogens (primary N) is 1. The van der Waals surface area contributed by atoms with Crippen molar-refractivity contribution in [1.29, 1.82) is 0 Å². The molecule has 0 saturated carbocycles. The van der Waals surface area contributed by atoms with Crippen LogP contribution in [0.3, 0.4) is 0 Å². The van der Waals surface area contributed by atoms with Gasteiger partial charge in [0.25, 0.3) is 0 Å². The molecule has 0 aromatic heterocycles. The lowest BCUT2D eigenvalue weighted by molar-refractivity contribution is 0.241. The number of rotatable bonds is 3. The summed E-state index contributed by atoms with van der Waals surface area (Å²) in [6, 6.07) is 3.89. The number of amides is 2. The largest absolute Gasteiger partial charge is 0.369 e. The van der Waals surface area contributed by atoms with Crippen LogP contribution in [0.25, 0.3) is 0 Å². The number of hydrogen-bond donors (Lipinski definition) is 2. The predicted molar refractivity (Wildman–Crippen MR) is 98.2 cm³/mol. The van der Waals surface area contributed by atoms with Gasteiger partial charge in [-0.15, -0.1) is 0 Å². The number of carbonyl (C=O) groups is 1. The van der Waals surface area contributed by atoms with Crippen molar-refractivity contribution in [3.8, 4) is 0 Å². The Morgan fingerprint density at radius 2 is 1.70 bits per heavy atom. The van der Waals surface area contributed by atoms with Crippen molar-refractivity contribution in [2.45, 2.75) is 59.9 Å². The molecule has 1 aromatic rings. The van der Waals surface area contributed by atoms with Gasteiger partial charge in [-0.25, -0.2) is 4.79 Å². The SMILES string of the molecule is CCc1cc(C)cc(CC)c1N(C)C(N)=NC(=O)NC(C)(C)C. The van der Waals surface area contributed by atoms with Gasteiger partial charge in [-0.2, -0.15) is 4.99 Å². The van der Waals surface area contributed by atoms with Crippen LogP contribution in [0.15, 0.2) is 17.1 Å². The van der Waals surface area contributed by atoms with E-state index in [1.165, 1.54) is 16.7 Å². The first kappa shape index (κ1) is 19.0. The smallest absolute Gasteiger partial charge is 0.344 e. The molecule has 2 amide bonds. The number of benzene rings is 1. The molecule has 0 aliphatic rings. The second kappa shape index (κ2) is 7.49. The zero-order chi connectivity index (χ0) is 17.8. The first-order valence-electron chi connectivity index (χ1n) is 8.11. The number of carbonyl (C=O) groups excluding carboxylic acids is 1. The predicted octanol–water partition coefficient (Wildman–Crippen LogP) is 3.38. The molecule has 0 aliphatic heterocycles. The van der Waals surface area contributed by atoms with Gasteiger partial charge in [0.15, 0.2) is 0 Å². The van der Waals surface area contributed by atoms with Gasteiger partial charge < -0.3 is 16.0 Å². The minimum Gasteiger partial charge on any atom is -0.369 e. The average molecular weight is 318 g/mol. The monoisotopic (exact) mass is 318 g/mol. The van der Waals surface area contributed by atoms with E-state index >= 15 is 0 Å². The summed E-state index contributed by atoms with van der Waals surface area (Å²) in [5.74, 6) is 0.194. The van der Waals surface area contributed by atoms with Crippen LogP contribution in [0.4, 0.5) is 10.5 Å². The highest BCUT2D eigenvalue weighted by Crippen LogP contribution is 2.27. The summed E-state index contributed by atoms with van der Waals surface area (Å²) >= 11 is 0. The van der Waals surface area contributed by atoms with E-state index in [-0.39, 0.29) is 11.5 Å². The third kappa shape index (κ3) is 5.27. The minimum atomic E-state index is -0.426. The fraction of sp³-hybridized carbons (Fsp3) is 0.556. The number of hydrogen-bond acceptors (Lipinski definition) is 1. The maximum atomic E-state index is 12.0. The number of aliphatic imine (C=N–C) groups is 1. The Kier molecular flexibility index (Phi) is 6.19. The highest BCUT2D eigenvalue weighted by atomic mass is 16.2. The molecule has 0 radical (unpaired) electrons. The summed E-state index contributed by atoms with van der Waals surface area (Å²) < 4.78 is 0. The summed E-state index contributed by atoms with van der Waals surface area (Å²) in [5.41, 5.74) is 10.4. The van der Waals surface area contributed by atoms with Crippen LogP contribution in [0.1, 0.15) is 51.3 Å². The molecule has 1 aromatic carbocycles. The summed E-state index contributed by atoms with van der Waals surface area (Å²) in [5, 5.41) is 2.79. The molecule has 0 spiro atoms. The first-order valence-corrected chi connectivity index (χ1v) is 8.11. The van der Waals surface area contributed by atoms with E-state index in [2.05, 4.69) is 43.2 Å². The molecule has 3 N–H and O–H groups in total. The van der Waals surface area contributed by atoms with Gasteiger partial charge >= 0.3 is 6.03 Å². The van der Waals surface area contributed by atoms with Crippen molar-refractivity contribution in [3.63, 3.8) is 0 Å². The molecule has 0 unspecified atom stereocenters. The maximum absolute atomic E-state index is 12.0. The van der Waals surface area contributed by atoms with Gasteiger partial charge in [0, 0.05) is 18.3 Å². The fourth-order valence-electron chi connectivity index (χ4n) is 2.55. The maximum Gasteiger partial charge on any atom is 0.344 e. The highest BCUT2D eigenvalue weighted by Gasteiger charge is 2.17. The lowest BCUT2D eigenvalue weighted by Gasteiger charge is -2.25. The van der Waals surface area contributed by atoms with E-state index < -0.39 is 6.03 Å². The summed E-state index contributed by atoms with van der Waals surface area (Å²) in [7, 11) is 1.85.